The van der Waals surface area contributed by atoms with Crippen LogP contribution in [0.15, 0.2) is 127 Å². The van der Waals surface area contributed by atoms with Gasteiger partial charge in [-0.25, -0.2) is 0 Å². The van der Waals surface area contributed by atoms with Gasteiger partial charge in [0.25, 0.3) is 6.71 Å². The quantitative estimate of drug-likeness (QED) is 0.165. The molecule has 0 bridgehead atoms. The van der Waals surface area contributed by atoms with Gasteiger partial charge in [-0.05, 0) is 151 Å². The van der Waals surface area contributed by atoms with Crippen LogP contribution in [-0.2, 0) is 22.7 Å². The predicted octanol–water partition coefficient (Wildman–Crippen LogP) is 13.6. The second kappa shape index (κ2) is 13.3. The molecule has 0 unspecified atom stereocenters. The van der Waals surface area contributed by atoms with E-state index in [2.05, 4.69) is 206 Å². The minimum absolute atomic E-state index is 0.00544. The summed E-state index contributed by atoms with van der Waals surface area (Å²) < 4.78 is 1.38. The summed E-state index contributed by atoms with van der Waals surface area (Å²) in [7, 11) is 0. The summed E-state index contributed by atoms with van der Waals surface area (Å²) in [6.07, 6.45) is 4.65. The molecule has 2 aliphatic heterocycles. The van der Waals surface area contributed by atoms with Crippen molar-refractivity contribution in [3.05, 3.63) is 166 Å². The molecule has 294 valence electrons. The fourth-order valence-electron chi connectivity index (χ4n) is 9.79. The van der Waals surface area contributed by atoms with Gasteiger partial charge in [0.1, 0.15) is 0 Å². The number of fused-ring (bicyclic) bond motifs is 7. The van der Waals surface area contributed by atoms with Gasteiger partial charge in [-0.2, -0.15) is 0 Å². The van der Waals surface area contributed by atoms with E-state index < -0.39 is 0 Å². The molecule has 0 N–H and O–H groups in total. The van der Waals surface area contributed by atoms with Crippen molar-refractivity contribution in [1.29, 1.82) is 0 Å². The number of allylic oxidation sites excluding steroid dienone is 1. The number of rotatable bonds is 3. The maximum Gasteiger partial charge on any atom is 0.252 e. The first-order valence-electron chi connectivity index (χ1n) is 21.5. The fourth-order valence-corrected chi connectivity index (χ4v) is 11.1. The molecule has 1 aliphatic carbocycles. The molecule has 0 saturated carbocycles. The van der Waals surface area contributed by atoms with Gasteiger partial charge in [0, 0.05) is 43.7 Å². The van der Waals surface area contributed by atoms with Crippen molar-refractivity contribution in [2.45, 2.75) is 98.3 Å². The standard InChI is InChI=1S/C55H55BN2S/c1-34-30-48-51-49(31-34)58(40-26-20-36(21-27-40)53(2,3)4)47-33-38(55(8,9)10)22-28-44(47)56(51)45-32-37(54(5,6)7)23-29-46(45)57(48)39-24-18-35(19-25-39)41-15-13-16-43-42-14-11-12-17-50(42)59-52(41)43/h11-12,14-15,17-33H,13,16H2,1-10H3. The highest BCUT2D eigenvalue weighted by atomic mass is 32.1. The lowest BCUT2D eigenvalue weighted by Gasteiger charge is -2.45. The average molecular weight is 787 g/mol. The lowest BCUT2D eigenvalue weighted by Crippen LogP contribution is -2.61. The third kappa shape index (κ3) is 6.21. The van der Waals surface area contributed by atoms with E-state index >= 15 is 0 Å². The topological polar surface area (TPSA) is 6.48 Å². The smallest absolute Gasteiger partial charge is 0.252 e. The van der Waals surface area contributed by atoms with E-state index in [-0.39, 0.29) is 23.0 Å². The van der Waals surface area contributed by atoms with Crippen molar-refractivity contribution in [2.75, 3.05) is 9.80 Å². The van der Waals surface area contributed by atoms with E-state index in [4.69, 9.17) is 0 Å². The van der Waals surface area contributed by atoms with Crippen molar-refractivity contribution < 1.29 is 0 Å². The molecule has 6 aromatic carbocycles. The summed E-state index contributed by atoms with van der Waals surface area (Å²) in [6, 6.07) is 47.2. The molecule has 2 nitrogen and oxygen atoms in total. The van der Waals surface area contributed by atoms with E-state index in [1.807, 2.05) is 11.3 Å². The number of hydrogen-bond donors (Lipinski definition) is 0. The van der Waals surface area contributed by atoms with Crippen LogP contribution >= 0.6 is 11.3 Å². The molecule has 3 heterocycles. The van der Waals surface area contributed by atoms with E-state index in [9.17, 15) is 0 Å². The van der Waals surface area contributed by atoms with Gasteiger partial charge < -0.3 is 9.80 Å². The van der Waals surface area contributed by atoms with Crippen LogP contribution in [0.4, 0.5) is 34.1 Å². The number of aryl methyl sites for hydroxylation is 2. The summed E-state index contributed by atoms with van der Waals surface area (Å²) in [4.78, 5) is 6.56. The predicted molar refractivity (Wildman–Crippen MR) is 259 cm³/mol. The molecular weight excluding hydrogens is 731 g/mol. The van der Waals surface area contributed by atoms with Gasteiger partial charge >= 0.3 is 0 Å². The molecule has 0 spiro atoms. The SMILES string of the molecule is Cc1cc2c3c(c1)N(c1ccc(C(C)(C)C)cc1)c1cc(C(C)(C)C)ccc1B3c1cc(C(C)(C)C)ccc1N2c1ccc(C2=CCCc3c2sc2ccccc32)cc1. The van der Waals surface area contributed by atoms with Gasteiger partial charge in [-0.1, -0.05) is 135 Å². The highest BCUT2D eigenvalue weighted by Gasteiger charge is 2.44. The van der Waals surface area contributed by atoms with Crippen LogP contribution in [0.3, 0.4) is 0 Å². The number of hydrogen-bond acceptors (Lipinski definition) is 3. The number of nitrogens with zero attached hydrogens (tertiary/aromatic N) is 2. The first-order valence-corrected chi connectivity index (χ1v) is 22.3. The second-order valence-corrected chi connectivity index (χ2v) is 21.3. The summed E-state index contributed by atoms with van der Waals surface area (Å²) in [6.45, 7) is 23.3. The Balaban J connectivity index is 1.19. The zero-order valence-corrected chi connectivity index (χ0v) is 37.2. The molecule has 1 aromatic heterocycles. The van der Waals surface area contributed by atoms with Crippen LogP contribution in [-0.4, -0.2) is 6.71 Å². The van der Waals surface area contributed by atoms with Gasteiger partial charge in [-0.15, -0.1) is 11.3 Å². The molecular formula is C55H55BN2S. The van der Waals surface area contributed by atoms with E-state index in [1.54, 1.807) is 0 Å². The van der Waals surface area contributed by atoms with E-state index in [0.717, 1.165) is 12.8 Å². The van der Waals surface area contributed by atoms with Gasteiger partial charge in [0.05, 0.1) is 0 Å². The van der Waals surface area contributed by atoms with Crippen molar-refractivity contribution >= 4 is 84.2 Å². The minimum Gasteiger partial charge on any atom is -0.311 e. The van der Waals surface area contributed by atoms with Crippen molar-refractivity contribution in [3.8, 4) is 0 Å². The maximum absolute atomic E-state index is 2.57. The second-order valence-electron chi connectivity index (χ2n) is 20.3. The number of thiophene rings is 1. The molecule has 4 heteroatoms. The van der Waals surface area contributed by atoms with Gasteiger partial charge in [0.15, 0.2) is 0 Å². The Morgan fingerprint density at radius 1 is 0.542 bits per heavy atom. The van der Waals surface area contributed by atoms with Crippen LogP contribution in [0.5, 0.6) is 0 Å². The number of benzene rings is 6. The first-order chi connectivity index (χ1) is 28.1. The van der Waals surface area contributed by atoms with E-state index in [0.29, 0.717) is 0 Å². The molecule has 3 aliphatic rings. The molecule has 7 aromatic rings. The van der Waals surface area contributed by atoms with Crippen molar-refractivity contribution in [3.63, 3.8) is 0 Å². The zero-order chi connectivity index (χ0) is 41.2. The fraction of sp³-hybridized carbons (Fsp3) is 0.273. The Bertz CT molecular complexity index is 2840. The Morgan fingerprint density at radius 3 is 1.78 bits per heavy atom. The summed E-state index contributed by atoms with van der Waals surface area (Å²) >= 11 is 1.95. The first kappa shape index (κ1) is 37.9. The minimum atomic E-state index is 0.00544. The molecule has 0 fully saturated rings. The van der Waals surface area contributed by atoms with E-state index in [1.165, 1.54) is 104 Å². The number of anilines is 6. The van der Waals surface area contributed by atoms with Crippen molar-refractivity contribution in [2.24, 2.45) is 0 Å². The maximum atomic E-state index is 2.57. The van der Waals surface area contributed by atoms with Crippen LogP contribution in [0.25, 0.3) is 15.7 Å². The largest absolute Gasteiger partial charge is 0.311 e. The van der Waals surface area contributed by atoms with Crippen LogP contribution in [0.1, 0.15) is 107 Å². The molecule has 0 atom stereocenters. The third-order valence-corrected chi connectivity index (χ3v) is 14.3. The zero-order valence-electron chi connectivity index (χ0n) is 36.4. The Labute approximate surface area is 356 Å². The molecule has 10 rings (SSSR count). The third-order valence-electron chi connectivity index (χ3n) is 13.1. The lowest BCUT2D eigenvalue weighted by molar-refractivity contribution is 0.590. The summed E-state index contributed by atoms with van der Waals surface area (Å²) in [5.41, 5.74) is 21.1. The highest BCUT2D eigenvalue weighted by Crippen LogP contribution is 2.47. The Hall–Kier alpha value is -5.32. The monoisotopic (exact) mass is 786 g/mol. The van der Waals surface area contributed by atoms with Gasteiger partial charge in [0.2, 0.25) is 0 Å². The van der Waals surface area contributed by atoms with Crippen molar-refractivity contribution in [1.82, 2.24) is 0 Å². The molecule has 0 saturated heterocycles. The highest BCUT2D eigenvalue weighted by molar-refractivity contribution is 7.20. The van der Waals surface area contributed by atoms with Crippen LogP contribution in [0, 0.1) is 6.92 Å². The average Bonchev–Trinajstić information content (AvgIpc) is 3.58. The Morgan fingerprint density at radius 2 is 1.12 bits per heavy atom. The molecule has 0 amide bonds. The van der Waals surface area contributed by atoms with Crippen LogP contribution < -0.4 is 26.2 Å². The molecule has 0 radical (unpaired) electrons. The molecule has 59 heavy (non-hydrogen) atoms. The lowest BCUT2D eigenvalue weighted by atomic mass is 9.33. The summed E-state index contributed by atoms with van der Waals surface area (Å²) in [5.74, 6) is 0. The van der Waals surface area contributed by atoms with Gasteiger partial charge in [-0.3, -0.25) is 0 Å². The Kier molecular flexibility index (Phi) is 8.58. The summed E-state index contributed by atoms with van der Waals surface area (Å²) in [5, 5.41) is 1.42. The van der Waals surface area contributed by atoms with Crippen LogP contribution in [0.2, 0.25) is 0 Å². The normalized spacial score (nSPS) is 14.8.